The molecule has 2 rings (SSSR count). The number of nitrogens with zero attached hydrogens (tertiary/aromatic N) is 1. The van der Waals surface area contributed by atoms with Gasteiger partial charge in [0.1, 0.15) is 25.2 Å². The van der Waals surface area contributed by atoms with E-state index in [1.54, 1.807) is 19.1 Å². The van der Waals surface area contributed by atoms with Crippen LogP contribution >= 0.6 is 0 Å². The van der Waals surface area contributed by atoms with Gasteiger partial charge in [0.15, 0.2) is 11.6 Å². The molecule has 0 fully saturated rings. The van der Waals surface area contributed by atoms with Crippen molar-refractivity contribution >= 4 is 5.71 Å². The summed E-state index contributed by atoms with van der Waals surface area (Å²) in [6, 6.07) is 8.67. The lowest BCUT2D eigenvalue weighted by Gasteiger charge is -2.15. The molecule has 0 saturated carbocycles. The van der Waals surface area contributed by atoms with E-state index in [4.69, 9.17) is 19.0 Å². The van der Waals surface area contributed by atoms with Gasteiger partial charge in [0, 0.05) is 12.0 Å². The molecule has 0 saturated heterocycles. The fourth-order valence-electron chi connectivity index (χ4n) is 2.91. The summed E-state index contributed by atoms with van der Waals surface area (Å²) < 4.78 is 31.4. The highest BCUT2D eigenvalue weighted by Gasteiger charge is 2.09. The summed E-state index contributed by atoms with van der Waals surface area (Å²) >= 11 is 0. The van der Waals surface area contributed by atoms with Crippen LogP contribution in [0.2, 0.25) is 0 Å². The third kappa shape index (κ3) is 6.79. The molecular weight excluding hydrogens is 385 g/mol. The Bertz CT molecular complexity index is 870. The summed E-state index contributed by atoms with van der Waals surface area (Å²) in [5.41, 5.74) is 3.27. The van der Waals surface area contributed by atoms with E-state index in [1.165, 1.54) is 13.2 Å². The van der Waals surface area contributed by atoms with E-state index in [1.807, 2.05) is 45.1 Å². The Hall–Kier alpha value is -3.02. The van der Waals surface area contributed by atoms with Gasteiger partial charge in [-0.3, -0.25) is 0 Å². The first kappa shape index (κ1) is 23.3. The normalized spacial score (nSPS) is 11.6. The molecule has 6 heteroatoms. The smallest absolute Gasteiger partial charge is 0.165 e. The lowest BCUT2D eigenvalue weighted by molar-refractivity contribution is 0.213. The molecular formula is C24H30FNO4. The van der Waals surface area contributed by atoms with Gasteiger partial charge >= 0.3 is 0 Å². The lowest BCUT2D eigenvalue weighted by Crippen LogP contribution is -2.08. The molecule has 0 aliphatic rings. The highest BCUT2D eigenvalue weighted by atomic mass is 19.1. The molecule has 2 aromatic carbocycles. The molecule has 0 bridgehead atoms. The minimum absolute atomic E-state index is 0.207. The van der Waals surface area contributed by atoms with Crippen LogP contribution in [0, 0.1) is 19.7 Å². The molecule has 0 aliphatic heterocycles. The summed E-state index contributed by atoms with van der Waals surface area (Å²) in [5, 5.41) is 3.80. The zero-order valence-corrected chi connectivity index (χ0v) is 18.3. The standard InChI is InChI=1S/C24H30FNO4/c1-6-7-11-28-21-14-17(2)24(18(3)15-21)30-13-8-12-29-23-10-9-20(16-22(23)25)19(4)26-27-5/h6-7,9-10,14-16H,8,11-13H2,1-5H3/b7-6+,26-19?. The lowest BCUT2D eigenvalue weighted by atomic mass is 10.1. The summed E-state index contributed by atoms with van der Waals surface area (Å²) in [5.74, 6) is 1.44. The van der Waals surface area contributed by atoms with Crippen LogP contribution in [0.5, 0.6) is 17.2 Å². The second kappa shape index (κ2) is 11.9. The second-order valence-corrected chi connectivity index (χ2v) is 6.82. The molecule has 2 aromatic rings. The van der Waals surface area contributed by atoms with Gasteiger partial charge in [0.05, 0.1) is 18.9 Å². The largest absolute Gasteiger partial charge is 0.493 e. The Kier molecular flexibility index (Phi) is 9.19. The predicted molar refractivity (Wildman–Crippen MR) is 117 cm³/mol. The molecule has 0 aliphatic carbocycles. The van der Waals surface area contributed by atoms with Crippen LogP contribution < -0.4 is 14.2 Å². The maximum atomic E-state index is 14.2. The Labute approximate surface area is 178 Å². The summed E-state index contributed by atoms with van der Waals surface area (Å²) in [7, 11) is 1.45. The van der Waals surface area contributed by atoms with Crippen molar-refractivity contribution in [2.45, 2.75) is 34.1 Å². The third-order valence-electron chi connectivity index (χ3n) is 4.39. The fourth-order valence-corrected chi connectivity index (χ4v) is 2.91. The number of benzene rings is 2. The van der Waals surface area contributed by atoms with Gasteiger partial charge in [-0.2, -0.15) is 0 Å². The molecule has 0 radical (unpaired) electrons. The monoisotopic (exact) mass is 415 g/mol. The fraction of sp³-hybridized carbons (Fsp3) is 0.375. The Balaban J connectivity index is 1.83. The van der Waals surface area contributed by atoms with E-state index < -0.39 is 5.82 Å². The number of oxime groups is 1. The van der Waals surface area contributed by atoms with Crippen molar-refractivity contribution in [2.75, 3.05) is 26.9 Å². The van der Waals surface area contributed by atoms with Crippen LogP contribution in [0.4, 0.5) is 4.39 Å². The molecule has 0 unspecified atom stereocenters. The zero-order valence-electron chi connectivity index (χ0n) is 18.3. The van der Waals surface area contributed by atoms with Gasteiger partial charge in [0.2, 0.25) is 0 Å². The van der Waals surface area contributed by atoms with Crippen molar-refractivity contribution < 1.29 is 23.4 Å². The topological polar surface area (TPSA) is 49.3 Å². The number of allylic oxidation sites excluding steroid dienone is 1. The van der Waals surface area contributed by atoms with Crippen LogP contribution in [-0.2, 0) is 4.84 Å². The Morgan fingerprint density at radius 3 is 2.37 bits per heavy atom. The maximum absolute atomic E-state index is 14.2. The molecule has 5 nitrogen and oxygen atoms in total. The van der Waals surface area contributed by atoms with Crippen LogP contribution in [0.15, 0.2) is 47.6 Å². The minimum Gasteiger partial charge on any atom is -0.493 e. The highest BCUT2D eigenvalue weighted by Crippen LogP contribution is 2.28. The van der Waals surface area contributed by atoms with E-state index in [2.05, 4.69) is 5.16 Å². The molecule has 0 spiro atoms. The first-order valence-corrected chi connectivity index (χ1v) is 9.94. The highest BCUT2D eigenvalue weighted by molar-refractivity contribution is 5.98. The van der Waals surface area contributed by atoms with Crippen LogP contribution in [0.1, 0.15) is 37.0 Å². The first-order chi connectivity index (χ1) is 14.5. The van der Waals surface area contributed by atoms with Crippen molar-refractivity contribution in [3.05, 3.63) is 65.0 Å². The quantitative estimate of drug-likeness (QED) is 0.207. The average Bonchev–Trinajstić information content (AvgIpc) is 2.71. The van der Waals surface area contributed by atoms with Crippen molar-refractivity contribution in [3.8, 4) is 17.2 Å². The van der Waals surface area contributed by atoms with Gasteiger partial charge < -0.3 is 19.0 Å². The van der Waals surface area contributed by atoms with Crippen LogP contribution in [0.3, 0.4) is 0 Å². The summed E-state index contributed by atoms with van der Waals surface area (Å²) in [6.45, 7) is 9.07. The minimum atomic E-state index is -0.431. The van der Waals surface area contributed by atoms with Gasteiger partial charge in [-0.25, -0.2) is 4.39 Å². The van der Waals surface area contributed by atoms with E-state index in [9.17, 15) is 4.39 Å². The Morgan fingerprint density at radius 1 is 1.03 bits per heavy atom. The van der Waals surface area contributed by atoms with E-state index in [0.717, 1.165) is 22.6 Å². The van der Waals surface area contributed by atoms with Gasteiger partial charge in [0.25, 0.3) is 0 Å². The van der Waals surface area contributed by atoms with E-state index in [0.29, 0.717) is 37.5 Å². The van der Waals surface area contributed by atoms with E-state index in [-0.39, 0.29) is 5.75 Å². The van der Waals surface area contributed by atoms with Crippen LogP contribution in [0.25, 0.3) is 0 Å². The number of ether oxygens (including phenoxy) is 3. The number of aryl methyl sites for hydroxylation is 2. The first-order valence-electron chi connectivity index (χ1n) is 9.94. The third-order valence-corrected chi connectivity index (χ3v) is 4.39. The van der Waals surface area contributed by atoms with Gasteiger partial charge in [-0.1, -0.05) is 17.3 Å². The summed E-state index contributed by atoms with van der Waals surface area (Å²) in [4.78, 5) is 4.71. The van der Waals surface area contributed by atoms with Crippen molar-refractivity contribution in [1.29, 1.82) is 0 Å². The average molecular weight is 416 g/mol. The van der Waals surface area contributed by atoms with Crippen LogP contribution in [-0.4, -0.2) is 32.6 Å². The molecule has 30 heavy (non-hydrogen) atoms. The maximum Gasteiger partial charge on any atom is 0.165 e. The van der Waals surface area contributed by atoms with E-state index >= 15 is 0 Å². The molecule has 0 aromatic heterocycles. The number of hydrogen-bond acceptors (Lipinski definition) is 5. The van der Waals surface area contributed by atoms with Crippen molar-refractivity contribution in [3.63, 3.8) is 0 Å². The molecule has 0 heterocycles. The van der Waals surface area contributed by atoms with Gasteiger partial charge in [-0.15, -0.1) is 0 Å². The number of halogens is 1. The Morgan fingerprint density at radius 2 is 1.73 bits per heavy atom. The van der Waals surface area contributed by atoms with Crippen molar-refractivity contribution in [2.24, 2.45) is 5.16 Å². The zero-order chi connectivity index (χ0) is 21.9. The molecule has 0 amide bonds. The van der Waals surface area contributed by atoms with Crippen molar-refractivity contribution in [1.82, 2.24) is 0 Å². The second-order valence-electron chi connectivity index (χ2n) is 6.82. The number of hydrogen-bond donors (Lipinski definition) is 0. The molecule has 162 valence electrons. The molecule has 0 N–H and O–H groups in total. The molecule has 0 atom stereocenters. The number of rotatable bonds is 11. The summed E-state index contributed by atoms with van der Waals surface area (Å²) in [6.07, 6.45) is 4.54. The predicted octanol–water partition coefficient (Wildman–Crippen LogP) is 5.62. The SMILES string of the molecule is C/C=C/COc1cc(C)c(OCCCOc2ccc(C(C)=NOC)cc2F)c(C)c1. The van der Waals surface area contributed by atoms with Gasteiger partial charge in [-0.05, 0) is 69.2 Å².